The summed E-state index contributed by atoms with van der Waals surface area (Å²) in [6, 6.07) is 14.7. The number of hydrogen-bond donors (Lipinski definition) is 1. The third-order valence-corrected chi connectivity index (χ3v) is 5.38. The Morgan fingerprint density at radius 3 is 2.26 bits per heavy atom. The van der Waals surface area contributed by atoms with Crippen molar-refractivity contribution in [1.29, 1.82) is 0 Å². The van der Waals surface area contributed by atoms with Crippen LogP contribution in [0.4, 0.5) is 5.69 Å². The predicted molar refractivity (Wildman–Crippen MR) is 122 cm³/mol. The maximum Gasteiger partial charge on any atom is 0.295 e. The zero-order valence-electron chi connectivity index (χ0n) is 18.3. The molecule has 0 aliphatic rings. The van der Waals surface area contributed by atoms with Gasteiger partial charge in [0.25, 0.3) is 5.56 Å². The second-order valence-electron chi connectivity index (χ2n) is 7.93. The van der Waals surface area contributed by atoms with Gasteiger partial charge in [0.1, 0.15) is 6.04 Å². The van der Waals surface area contributed by atoms with Crippen LogP contribution in [0.5, 0.6) is 0 Å². The average molecular weight is 415 g/mol. The lowest BCUT2D eigenvalue weighted by Crippen LogP contribution is -2.34. The molecule has 1 N–H and O–H groups in total. The van der Waals surface area contributed by atoms with Crippen molar-refractivity contribution < 1.29 is 4.79 Å². The first-order chi connectivity index (χ1) is 14.8. The van der Waals surface area contributed by atoms with E-state index in [0.717, 1.165) is 22.5 Å². The third-order valence-electron chi connectivity index (χ3n) is 5.38. The Bertz CT molecular complexity index is 1330. The highest BCUT2D eigenvalue weighted by Crippen LogP contribution is 2.22. The minimum Gasteiger partial charge on any atom is -0.324 e. The normalized spacial score (nSPS) is 12.2. The van der Waals surface area contributed by atoms with Crippen LogP contribution in [-0.4, -0.2) is 25.5 Å². The number of hydrogen-bond acceptors (Lipinski definition) is 4. The Morgan fingerprint density at radius 1 is 0.968 bits per heavy atom. The standard InChI is InChI=1S/C24H25N5O2/c1-14-11-15(2)13-19(12-14)25-23(30)18(5)29-24(31)22-21(16(3)26-29)17(4)28(27-22)20-9-7-6-8-10-20/h6-13,18H,1-5H3,(H,25,30). The Morgan fingerprint density at radius 2 is 1.61 bits per heavy atom. The Kier molecular flexibility index (Phi) is 5.19. The Labute approximate surface area is 180 Å². The minimum absolute atomic E-state index is 0.305. The van der Waals surface area contributed by atoms with Crippen molar-refractivity contribution in [2.75, 3.05) is 5.32 Å². The van der Waals surface area contributed by atoms with Gasteiger partial charge in [-0.3, -0.25) is 9.59 Å². The van der Waals surface area contributed by atoms with Crippen molar-refractivity contribution in [2.45, 2.75) is 40.7 Å². The summed E-state index contributed by atoms with van der Waals surface area (Å²) in [5.41, 5.74) is 5.07. The number of carbonyl (C=O) groups excluding carboxylic acids is 1. The molecule has 0 spiro atoms. The Balaban J connectivity index is 1.75. The van der Waals surface area contributed by atoms with Crippen LogP contribution in [0.15, 0.2) is 53.3 Å². The van der Waals surface area contributed by atoms with Gasteiger partial charge in [-0.2, -0.15) is 10.2 Å². The number of aromatic nitrogens is 4. The van der Waals surface area contributed by atoms with Crippen LogP contribution in [0.2, 0.25) is 0 Å². The number of nitrogens with one attached hydrogen (secondary N) is 1. The van der Waals surface area contributed by atoms with Crippen molar-refractivity contribution in [3.05, 3.63) is 81.4 Å². The summed E-state index contributed by atoms with van der Waals surface area (Å²) in [5, 5.41) is 12.6. The first-order valence-electron chi connectivity index (χ1n) is 10.2. The van der Waals surface area contributed by atoms with Crippen LogP contribution in [0.3, 0.4) is 0 Å². The van der Waals surface area contributed by atoms with Gasteiger partial charge < -0.3 is 5.32 Å². The molecule has 1 atom stereocenters. The van der Waals surface area contributed by atoms with E-state index in [1.807, 2.05) is 76.2 Å². The van der Waals surface area contributed by atoms with Gasteiger partial charge in [-0.25, -0.2) is 9.36 Å². The first kappa shape index (κ1) is 20.5. The molecule has 2 aromatic carbocycles. The molecule has 2 aromatic heterocycles. The summed E-state index contributed by atoms with van der Waals surface area (Å²) >= 11 is 0. The summed E-state index contributed by atoms with van der Waals surface area (Å²) < 4.78 is 2.96. The van der Waals surface area contributed by atoms with Crippen LogP contribution in [0.1, 0.15) is 35.5 Å². The molecular weight excluding hydrogens is 390 g/mol. The maximum atomic E-state index is 13.2. The van der Waals surface area contributed by atoms with Crippen molar-refractivity contribution in [1.82, 2.24) is 19.6 Å². The van der Waals surface area contributed by atoms with Gasteiger partial charge in [0.2, 0.25) is 5.91 Å². The minimum atomic E-state index is -0.793. The molecule has 0 aliphatic heterocycles. The molecule has 0 bridgehead atoms. The molecule has 2 heterocycles. The fraction of sp³-hybridized carbons (Fsp3) is 0.250. The molecule has 0 saturated carbocycles. The molecule has 4 rings (SSSR count). The molecule has 4 aromatic rings. The molecule has 0 fully saturated rings. The number of benzene rings is 2. The predicted octanol–water partition coefficient (Wildman–Crippen LogP) is 4.02. The van der Waals surface area contributed by atoms with Crippen LogP contribution in [0, 0.1) is 27.7 Å². The molecule has 0 aliphatic carbocycles. The number of nitrogens with zero attached hydrogens (tertiary/aromatic N) is 4. The van der Waals surface area contributed by atoms with E-state index in [1.165, 1.54) is 4.68 Å². The molecule has 158 valence electrons. The van der Waals surface area contributed by atoms with Gasteiger partial charge >= 0.3 is 0 Å². The fourth-order valence-corrected chi connectivity index (χ4v) is 3.94. The summed E-state index contributed by atoms with van der Waals surface area (Å²) in [7, 11) is 0. The zero-order chi connectivity index (χ0) is 22.3. The van der Waals surface area contributed by atoms with E-state index in [9.17, 15) is 9.59 Å². The number of aryl methyl sites for hydroxylation is 4. The summed E-state index contributed by atoms with van der Waals surface area (Å²) in [6.07, 6.45) is 0. The highest BCUT2D eigenvalue weighted by Gasteiger charge is 2.23. The number of rotatable bonds is 4. The topological polar surface area (TPSA) is 81.8 Å². The number of amides is 1. The quantitative estimate of drug-likeness (QED) is 0.546. The number of anilines is 1. The van der Waals surface area contributed by atoms with Crippen molar-refractivity contribution in [2.24, 2.45) is 0 Å². The van der Waals surface area contributed by atoms with Gasteiger partial charge in [0.15, 0.2) is 5.52 Å². The monoisotopic (exact) mass is 415 g/mol. The highest BCUT2D eigenvalue weighted by molar-refractivity contribution is 5.94. The summed E-state index contributed by atoms with van der Waals surface area (Å²) in [5.74, 6) is -0.308. The summed E-state index contributed by atoms with van der Waals surface area (Å²) in [4.78, 5) is 26.1. The molecule has 7 nitrogen and oxygen atoms in total. The van der Waals surface area contributed by atoms with Crippen LogP contribution in [-0.2, 0) is 4.79 Å². The average Bonchev–Trinajstić information content (AvgIpc) is 3.08. The van der Waals surface area contributed by atoms with E-state index in [1.54, 1.807) is 11.6 Å². The van der Waals surface area contributed by atoms with Crippen LogP contribution >= 0.6 is 0 Å². The molecule has 0 radical (unpaired) electrons. The SMILES string of the molecule is Cc1cc(C)cc(NC(=O)C(C)n2nc(C)c3c(C)n(-c4ccccc4)nc3c2=O)c1. The lowest BCUT2D eigenvalue weighted by atomic mass is 10.1. The third kappa shape index (κ3) is 3.74. The molecule has 0 saturated heterocycles. The van der Waals surface area contributed by atoms with Crippen molar-refractivity contribution >= 4 is 22.5 Å². The smallest absolute Gasteiger partial charge is 0.295 e. The lowest BCUT2D eigenvalue weighted by molar-refractivity contribution is -0.119. The maximum absolute atomic E-state index is 13.2. The summed E-state index contributed by atoms with van der Waals surface area (Å²) in [6.45, 7) is 9.36. The molecule has 1 unspecified atom stereocenters. The molecule has 31 heavy (non-hydrogen) atoms. The van der Waals surface area contributed by atoms with Gasteiger partial charge in [0.05, 0.1) is 22.5 Å². The largest absolute Gasteiger partial charge is 0.324 e. The number of para-hydroxylation sites is 1. The van der Waals surface area contributed by atoms with Gasteiger partial charge in [-0.05, 0) is 70.0 Å². The van der Waals surface area contributed by atoms with Gasteiger partial charge in [-0.1, -0.05) is 24.3 Å². The second-order valence-corrected chi connectivity index (χ2v) is 7.93. The highest BCUT2D eigenvalue weighted by atomic mass is 16.2. The van der Waals surface area contributed by atoms with E-state index in [-0.39, 0.29) is 11.5 Å². The van der Waals surface area contributed by atoms with Gasteiger partial charge in [0, 0.05) is 5.69 Å². The van der Waals surface area contributed by atoms with E-state index in [0.29, 0.717) is 22.3 Å². The Hall–Kier alpha value is -3.74. The van der Waals surface area contributed by atoms with E-state index in [4.69, 9.17) is 0 Å². The first-order valence-corrected chi connectivity index (χ1v) is 10.2. The lowest BCUT2D eigenvalue weighted by Gasteiger charge is -2.15. The fourth-order valence-electron chi connectivity index (χ4n) is 3.94. The van der Waals surface area contributed by atoms with E-state index < -0.39 is 6.04 Å². The molecule has 1 amide bonds. The number of carbonyl (C=O) groups is 1. The molecular formula is C24H25N5O2. The van der Waals surface area contributed by atoms with E-state index >= 15 is 0 Å². The van der Waals surface area contributed by atoms with E-state index in [2.05, 4.69) is 15.5 Å². The molecule has 7 heteroatoms. The van der Waals surface area contributed by atoms with Crippen molar-refractivity contribution in [3.8, 4) is 5.69 Å². The van der Waals surface area contributed by atoms with Gasteiger partial charge in [-0.15, -0.1) is 0 Å². The van der Waals surface area contributed by atoms with Crippen LogP contribution in [0.25, 0.3) is 16.6 Å². The number of fused-ring (bicyclic) bond motifs is 1. The second kappa shape index (κ2) is 7.83. The van der Waals surface area contributed by atoms with Crippen molar-refractivity contribution in [3.63, 3.8) is 0 Å². The zero-order valence-corrected chi connectivity index (χ0v) is 18.3. The van der Waals surface area contributed by atoms with Crippen LogP contribution < -0.4 is 10.9 Å².